The van der Waals surface area contributed by atoms with Crippen molar-refractivity contribution in [3.8, 4) is 16.9 Å². The largest absolute Gasteiger partial charge is 0.496 e. The third-order valence-corrected chi connectivity index (χ3v) is 6.51. The number of morpholine rings is 1. The molecule has 5 rings (SSSR count). The van der Waals surface area contributed by atoms with Crippen LogP contribution in [-0.4, -0.2) is 58.3 Å². The van der Waals surface area contributed by atoms with Gasteiger partial charge in [0, 0.05) is 41.0 Å². The molecule has 4 aromatic rings. The molecular weight excluding hydrogens is 454 g/mol. The zero-order valence-corrected chi connectivity index (χ0v) is 20.1. The number of pyridine rings is 1. The van der Waals surface area contributed by atoms with Crippen LogP contribution in [0.25, 0.3) is 22.3 Å². The first-order valence-corrected chi connectivity index (χ1v) is 11.5. The molecule has 0 saturated carbocycles. The first kappa shape index (κ1) is 22.4. The third-order valence-electron chi connectivity index (χ3n) is 6.12. The van der Waals surface area contributed by atoms with Crippen molar-refractivity contribution in [2.75, 3.05) is 43.6 Å². The van der Waals surface area contributed by atoms with Crippen LogP contribution in [0.3, 0.4) is 0 Å². The lowest BCUT2D eigenvalue weighted by Gasteiger charge is -2.28. The summed E-state index contributed by atoms with van der Waals surface area (Å²) in [6.45, 7) is 7.14. The van der Waals surface area contributed by atoms with E-state index >= 15 is 0 Å². The summed E-state index contributed by atoms with van der Waals surface area (Å²) < 4.78 is 11.4. The number of aromatic amines is 1. The number of aromatic nitrogens is 5. The van der Waals surface area contributed by atoms with E-state index in [0.29, 0.717) is 22.0 Å². The summed E-state index contributed by atoms with van der Waals surface area (Å²) in [4.78, 5) is 22.9. The van der Waals surface area contributed by atoms with Crippen molar-refractivity contribution in [2.24, 2.45) is 0 Å². The van der Waals surface area contributed by atoms with E-state index in [1.54, 1.807) is 13.4 Å². The minimum absolute atomic E-state index is 0.165. The molecule has 9 nitrogen and oxygen atoms in total. The minimum Gasteiger partial charge on any atom is -0.496 e. The summed E-state index contributed by atoms with van der Waals surface area (Å²) in [6.07, 6.45) is 4.98. The van der Waals surface area contributed by atoms with Crippen molar-refractivity contribution < 1.29 is 9.47 Å². The van der Waals surface area contributed by atoms with Gasteiger partial charge in [-0.3, -0.25) is 0 Å². The molecule has 0 aliphatic carbocycles. The maximum absolute atomic E-state index is 6.71. The van der Waals surface area contributed by atoms with Gasteiger partial charge in [0.05, 0.1) is 32.7 Å². The summed E-state index contributed by atoms with van der Waals surface area (Å²) in [5.41, 5.74) is 5.06. The smallest absolute Gasteiger partial charge is 0.162 e. The first-order chi connectivity index (χ1) is 16.6. The SMILES string of the molecule is COc1c(C(C)Nc2ncnc3[nH]cnc23)cc(Cl)c(C)c1-c1ccc(N2CCOCC2)nc1. The molecule has 0 bridgehead atoms. The Labute approximate surface area is 202 Å². The molecule has 1 aliphatic heterocycles. The number of imidazole rings is 1. The van der Waals surface area contributed by atoms with Gasteiger partial charge in [-0.15, -0.1) is 0 Å². The zero-order valence-electron chi connectivity index (χ0n) is 19.3. The Bertz CT molecular complexity index is 1300. The van der Waals surface area contributed by atoms with Crippen molar-refractivity contribution >= 4 is 34.4 Å². The highest BCUT2D eigenvalue weighted by Crippen LogP contribution is 2.43. The van der Waals surface area contributed by atoms with Gasteiger partial charge in [-0.25, -0.2) is 19.9 Å². The van der Waals surface area contributed by atoms with Crippen LogP contribution < -0.4 is 15.0 Å². The van der Waals surface area contributed by atoms with E-state index in [2.05, 4.69) is 36.2 Å². The summed E-state index contributed by atoms with van der Waals surface area (Å²) >= 11 is 6.71. The van der Waals surface area contributed by atoms with Crippen LogP contribution in [0, 0.1) is 6.92 Å². The number of nitrogens with zero attached hydrogens (tertiary/aromatic N) is 5. The number of hydrogen-bond donors (Lipinski definition) is 2. The fourth-order valence-corrected chi connectivity index (χ4v) is 4.51. The minimum atomic E-state index is -0.165. The molecule has 34 heavy (non-hydrogen) atoms. The average molecular weight is 480 g/mol. The van der Waals surface area contributed by atoms with E-state index in [1.165, 1.54) is 6.33 Å². The second kappa shape index (κ2) is 9.44. The molecule has 3 aromatic heterocycles. The highest BCUT2D eigenvalue weighted by molar-refractivity contribution is 6.32. The molecular formula is C24H26ClN7O2. The predicted molar refractivity (Wildman–Crippen MR) is 133 cm³/mol. The predicted octanol–water partition coefficient (Wildman–Crippen LogP) is 4.40. The zero-order chi connectivity index (χ0) is 23.7. The molecule has 1 unspecified atom stereocenters. The molecule has 1 aromatic carbocycles. The van der Waals surface area contributed by atoms with E-state index in [0.717, 1.165) is 60.1 Å². The van der Waals surface area contributed by atoms with E-state index < -0.39 is 0 Å². The van der Waals surface area contributed by atoms with Crippen LogP contribution >= 0.6 is 11.6 Å². The lowest BCUT2D eigenvalue weighted by atomic mass is 9.94. The number of halogens is 1. The highest BCUT2D eigenvalue weighted by Gasteiger charge is 2.22. The van der Waals surface area contributed by atoms with Crippen LogP contribution in [0.4, 0.5) is 11.6 Å². The van der Waals surface area contributed by atoms with E-state index in [9.17, 15) is 0 Å². The Hall–Kier alpha value is -3.43. The Morgan fingerprint density at radius 1 is 1.18 bits per heavy atom. The van der Waals surface area contributed by atoms with Gasteiger partial charge in [0.25, 0.3) is 0 Å². The van der Waals surface area contributed by atoms with Crippen LogP contribution in [-0.2, 0) is 4.74 Å². The van der Waals surface area contributed by atoms with Gasteiger partial charge < -0.3 is 24.7 Å². The van der Waals surface area contributed by atoms with Gasteiger partial charge in [-0.1, -0.05) is 11.6 Å². The van der Waals surface area contributed by atoms with Gasteiger partial charge in [-0.2, -0.15) is 0 Å². The molecule has 10 heteroatoms. The Morgan fingerprint density at radius 3 is 2.74 bits per heavy atom. The van der Waals surface area contributed by atoms with Crippen molar-refractivity contribution in [2.45, 2.75) is 19.9 Å². The summed E-state index contributed by atoms with van der Waals surface area (Å²) in [6, 6.07) is 5.88. The number of hydrogen-bond acceptors (Lipinski definition) is 8. The third kappa shape index (κ3) is 4.12. The number of ether oxygens (including phenoxy) is 2. The number of fused-ring (bicyclic) bond motifs is 1. The molecule has 0 spiro atoms. The van der Waals surface area contributed by atoms with Crippen molar-refractivity contribution in [3.05, 3.63) is 53.2 Å². The Balaban J connectivity index is 1.51. The molecule has 176 valence electrons. The fraction of sp³-hybridized carbons (Fsp3) is 0.333. The molecule has 2 N–H and O–H groups in total. The molecule has 4 heterocycles. The Kier molecular flexibility index (Phi) is 6.21. The molecule has 1 aliphatic rings. The Morgan fingerprint density at radius 2 is 2.00 bits per heavy atom. The van der Waals surface area contributed by atoms with Crippen LogP contribution in [0.15, 0.2) is 37.1 Å². The summed E-state index contributed by atoms with van der Waals surface area (Å²) in [7, 11) is 1.68. The summed E-state index contributed by atoms with van der Waals surface area (Å²) in [5.74, 6) is 2.32. The second-order valence-corrected chi connectivity index (χ2v) is 8.58. The first-order valence-electron chi connectivity index (χ1n) is 11.1. The van der Waals surface area contributed by atoms with Gasteiger partial charge in [0.2, 0.25) is 0 Å². The maximum Gasteiger partial charge on any atom is 0.162 e. The topological polar surface area (TPSA) is 101 Å². The van der Waals surface area contributed by atoms with E-state index in [-0.39, 0.29) is 6.04 Å². The molecule has 1 fully saturated rings. The van der Waals surface area contributed by atoms with Gasteiger partial charge in [0.1, 0.15) is 23.4 Å². The lowest BCUT2D eigenvalue weighted by molar-refractivity contribution is 0.122. The number of benzene rings is 1. The highest BCUT2D eigenvalue weighted by atomic mass is 35.5. The molecule has 1 atom stereocenters. The number of methoxy groups -OCH3 is 1. The van der Waals surface area contributed by atoms with Crippen molar-refractivity contribution in [3.63, 3.8) is 0 Å². The van der Waals surface area contributed by atoms with Gasteiger partial charge in [0.15, 0.2) is 11.5 Å². The fourth-order valence-electron chi connectivity index (χ4n) is 4.30. The van der Waals surface area contributed by atoms with Crippen LogP contribution in [0.1, 0.15) is 24.1 Å². The molecule has 1 saturated heterocycles. The van der Waals surface area contributed by atoms with E-state index in [4.69, 9.17) is 26.1 Å². The molecule has 0 amide bonds. The lowest BCUT2D eigenvalue weighted by Crippen LogP contribution is -2.36. The average Bonchev–Trinajstić information content (AvgIpc) is 3.36. The monoisotopic (exact) mass is 479 g/mol. The summed E-state index contributed by atoms with van der Waals surface area (Å²) in [5, 5.41) is 4.09. The number of nitrogens with one attached hydrogen (secondary N) is 2. The number of anilines is 2. The maximum atomic E-state index is 6.71. The van der Waals surface area contributed by atoms with Gasteiger partial charge in [-0.05, 0) is 37.6 Å². The standard InChI is InChI=1S/C24H26ClN7O2/c1-14-18(25)10-17(15(2)31-24-21-23(28-12-27-21)29-13-30-24)22(33-3)20(14)16-4-5-19(26-11-16)32-6-8-34-9-7-32/h4-5,10-13,15H,6-9H2,1-3H3,(H2,27,28,29,30,31). The number of rotatable bonds is 6. The molecule has 0 radical (unpaired) electrons. The van der Waals surface area contributed by atoms with Crippen LogP contribution in [0.5, 0.6) is 5.75 Å². The normalized spacial score (nSPS) is 14.9. The van der Waals surface area contributed by atoms with Crippen molar-refractivity contribution in [1.29, 1.82) is 0 Å². The van der Waals surface area contributed by atoms with Crippen molar-refractivity contribution in [1.82, 2.24) is 24.9 Å². The second-order valence-electron chi connectivity index (χ2n) is 8.17. The quantitative estimate of drug-likeness (QED) is 0.419. The van der Waals surface area contributed by atoms with Gasteiger partial charge >= 0.3 is 0 Å². The number of H-pyrrole nitrogens is 1. The van der Waals surface area contributed by atoms with Crippen LogP contribution in [0.2, 0.25) is 5.02 Å². The van der Waals surface area contributed by atoms with E-state index in [1.807, 2.05) is 32.2 Å².